The molecule has 0 radical (unpaired) electrons. The number of rotatable bonds is 2. The van der Waals surface area contributed by atoms with E-state index < -0.39 is 0 Å². The van der Waals surface area contributed by atoms with Crippen LogP contribution < -0.4 is 0 Å². The van der Waals surface area contributed by atoms with Gasteiger partial charge in [0.2, 0.25) is 5.82 Å². The molecule has 3 rings (SSSR count). The first-order valence-corrected chi connectivity index (χ1v) is 6.49. The Morgan fingerprint density at radius 1 is 1.16 bits per heavy atom. The standard InChI is InChI=1S/C14H9N3OS/c1-9-2-7-12(19-9)13-16-14(18-17-13)11-5-3-10(8-15)4-6-11/h2-7H,1H3. The summed E-state index contributed by atoms with van der Waals surface area (Å²) in [7, 11) is 0. The third-order valence-corrected chi connectivity index (χ3v) is 3.64. The molecule has 0 fully saturated rings. The topological polar surface area (TPSA) is 62.7 Å². The SMILES string of the molecule is Cc1ccc(-c2noc(-c3ccc(C#N)cc3)n2)s1. The second-order valence-electron chi connectivity index (χ2n) is 4.02. The molecule has 0 saturated heterocycles. The third-order valence-electron chi connectivity index (χ3n) is 2.65. The zero-order chi connectivity index (χ0) is 13.2. The average Bonchev–Trinajstić information content (AvgIpc) is 3.07. The molecule has 5 heteroatoms. The van der Waals surface area contributed by atoms with Crippen LogP contribution in [0.1, 0.15) is 10.4 Å². The van der Waals surface area contributed by atoms with Crippen molar-refractivity contribution in [3.8, 4) is 28.2 Å². The Bertz CT molecular complexity index is 750. The zero-order valence-electron chi connectivity index (χ0n) is 10.1. The van der Waals surface area contributed by atoms with E-state index in [0.29, 0.717) is 17.3 Å². The van der Waals surface area contributed by atoms with E-state index in [9.17, 15) is 0 Å². The molecule has 0 aliphatic carbocycles. The van der Waals surface area contributed by atoms with Gasteiger partial charge in [0.15, 0.2) is 0 Å². The second-order valence-corrected chi connectivity index (χ2v) is 5.31. The zero-order valence-corrected chi connectivity index (χ0v) is 10.9. The molecule has 92 valence electrons. The summed E-state index contributed by atoms with van der Waals surface area (Å²) in [5, 5.41) is 12.7. The Kier molecular flexibility index (Phi) is 2.86. The van der Waals surface area contributed by atoms with E-state index in [1.807, 2.05) is 19.1 Å². The normalized spacial score (nSPS) is 10.3. The first-order chi connectivity index (χ1) is 9.26. The van der Waals surface area contributed by atoms with Gasteiger partial charge in [0.1, 0.15) is 0 Å². The minimum absolute atomic E-state index is 0.463. The lowest BCUT2D eigenvalue weighted by molar-refractivity contribution is 0.432. The predicted octanol–water partition coefficient (Wildman–Crippen LogP) is 3.65. The first kappa shape index (κ1) is 11.6. The van der Waals surface area contributed by atoms with E-state index >= 15 is 0 Å². The summed E-state index contributed by atoms with van der Waals surface area (Å²) in [5.41, 5.74) is 1.42. The Balaban J connectivity index is 1.94. The van der Waals surface area contributed by atoms with Crippen LogP contribution in [-0.2, 0) is 0 Å². The summed E-state index contributed by atoms with van der Waals surface area (Å²) < 4.78 is 5.25. The van der Waals surface area contributed by atoms with Crippen molar-refractivity contribution in [2.75, 3.05) is 0 Å². The fraction of sp³-hybridized carbons (Fsp3) is 0.0714. The molecule has 3 aromatic rings. The summed E-state index contributed by atoms with van der Waals surface area (Å²) in [5.74, 6) is 1.06. The van der Waals surface area contributed by atoms with Crippen LogP contribution in [0.25, 0.3) is 22.2 Å². The van der Waals surface area contributed by atoms with Crippen molar-refractivity contribution in [2.24, 2.45) is 0 Å². The molecule has 0 unspecified atom stereocenters. The number of hydrogen-bond donors (Lipinski definition) is 0. The van der Waals surface area contributed by atoms with Crippen LogP contribution in [0.15, 0.2) is 40.9 Å². The lowest BCUT2D eigenvalue weighted by atomic mass is 10.1. The van der Waals surface area contributed by atoms with Gasteiger partial charge in [0.05, 0.1) is 16.5 Å². The maximum atomic E-state index is 8.75. The van der Waals surface area contributed by atoms with Gasteiger partial charge in [-0.25, -0.2) is 0 Å². The number of hydrogen-bond acceptors (Lipinski definition) is 5. The molecular weight excluding hydrogens is 258 g/mol. The molecule has 19 heavy (non-hydrogen) atoms. The Morgan fingerprint density at radius 2 is 1.95 bits per heavy atom. The number of aromatic nitrogens is 2. The van der Waals surface area contributed by atoms with Crippen molar-refractivity contribution in [2.45, 2.75) is 6.92 Å². The van der Waals surface area contributed by atoms with Gasteiger partial charge in [0.25, 0.3) is 5.89 Å². The van der Waals surface area contributed by atoms with E-state index in [-0.39, 0.29) is 0 Å². The number of aryl methyl sites for hydroxylation is 1. The maximum absolute atomic E-state index is 8.75. The Morgan fingerprint density at radius 3 is 2.58 bits per heavy atom. The highest BCUT2D eigenvalue weighted by Gasteiger charge is 2.11. The summed E-state index contributed by atoms with van der Waals surface area (Å²) in [4.78, 5) is 6.56. The molecule has 0 aliphatic rings. The molecule has 0 amide bonds. The van der Waals surface area contributed by atoms with Crippen molar-refractivity contribution in [1.82, 2.24) is 10.1 Å². The molecule has 2 aromatic heterocycles. The van der Waals surface area contributed by atoms with E-state index in [4.69, 9.17) is 9.78 Å². The third kappa shape index (κ3) is 2.26. The highest BCUT2D eigenvalue weighted by molar-refractivity contribution is 7.15. The summed E-state index contributed by atoms with van der Waals surface area (Å²) in [6, 6.07) is 13.1. The molecule has 4 nitrogen and oxygen atoms in total. The molecule has 0 saturated carbocycles. The average molecular weight is 267 g/mol. The van der Waals surface area contributed by atoms with E-state index in [1.54, 1.807) is 35.6 Å². The largest absolute Gasteiger partial charge is 0.334 e. The van der Waals surface area contributed by atoms with Crippen LogP contribution in [0.3, 0.4) is 0 Å². The van der Waals surface area contributed by atoms with Gasteiger partial charge >= 0.3 is 0 Å². The lowest BCUT2D eigenvalue weighted by Crippen LogP contribution is -1.79. The molecular formula is C14H9N3OS. The van der Waals surface area contributed by atoms with E-state index in [2.05, 4.69) is 16.2 Å². The van der Waals surface area contributed by atoms with Crippen LogP contribution in [-0.4, -0.2) is 10.1 Å². The highest BCUT2D eigenvalue weighted by Crippen LogP contribution is 2.27. The number of nitrogens with zero attached hydrogens (tertiary/aromatic N) is 3. The van der Waals surface area contributed by atoms with Crippen LogP contribution in [0, 0.1) is 18.3 Å². The maximum Gasteiger partial charge on any atom is 0.258 e. The van der Waals surface area contributed by atoms with Crippen molar-refractivity contribution in [3.63, 3.8) is 0 Å². The number of benzene rings is 1. The fourth-order valence-electron chi connectivity index (χ4n) is 1.68. The van der Waals surface area contributed by atoms with Gasteiger partial charge in [-0.3, -0.25) is 0 Å². The fourth-order valence-corrected chi connectivity index (χ4v) is 2.48. The smallest absolute Gasteiger partial charge is 0.258 e. The monoisotopic (exact) mass is 267 g/mol. The van der Waals surface area contributed by atoms with Gasteiger partial charge < -0.3 is 4.52 Å². The van der Waals surface area contributed by atoms with Crippen LogP contribution in [0.2, 0.25) is 0 Å². The Labute approximate surface area is 113 Å². The predicted molar refractivity (Wildman–Crippen MR) is 72.5 cm³/mol. The molecule has 2 heterocycles. The molecule has 0 spiro atoms. The van der Waals surface area contributed by atoms with Gasteiger partial charge in [-0.2, -0.15) is 10.2 Å². The van der Waals surface area contributed by atoms with Gasteiger partial charge in [0, 0.05) is 10.4 Å². The Hall–Kier alpha value is -2.45. The van der Waals surface area contributed by atoms with E-state index in [1.165, 1.54) is 4.88 Å². The van der Waals surface area contributed by atoms with Crippen molar-refractivity contribution >= 4 is 11.3 Å². The van der Waals surface area contributed by atoms with E-state index in [0.717, 1.165) is 10.4 Å². The van der Waals surface area contributed by atoms with Gasteiger partial charge in [-0.05, 0) is 43.3 Å². The minimum Gasteiger partial charge on any atom is -0.334 e. The summed E-state index contributed by atoms with van der Waals surface area (Å²) in [6.07, 6.45) is 0. The highest BCUT2D eigenvalue weighted by atomic mass is 32.1. The first-order valence-electron chi connectivity index (χ1n) is 5.67. The minimum atomic E-state index is 0.463. The second kappa shape index (κ2) is 4.67. The van der Waals surface area contributed by atoms with Crippen LogP contribution in [0.4, 0.5) is 0 Å². The van der Waals surface area contributed by atoms with Crippen molar-refractivity contribution in [3.05, 3.63) is 46.8 Å². The summed E-state index contributed by atoms with van der Waals surface area (Å²) in [6.45, 7) is 2.04. The van der Waals surface area contributed by atoms with Gasteiger partial charge in [-0.15, -0.1) is 11.3 Å². The number of nitriles is 1. The number of thiophene rings is 1. The van der Waals surface area contributed by atoms with Gasteiger partial charge in [-0.1, -0.05) is 5.16 Å². The van der Waals surface area contributed by atoms with Crippen molar-refractivity contribution < 1.29 is 4.52 Å². The lowest BCUT2D eigenvalue weighted by Gasteiger charge is -1.92. The molecule has 0 N–H and O–H groups in total. The molecule has 0 bridgehead atoms. The quantitative estimate of drug-likeness (QED) is 0.711. The van der Waals surface area contributed by atoms with Crippen LogP contribution in [0.5, 0.6) is 0 Å². The molecule has 0 atom stereocenters. The van der Waals surface area contributed by atoms with Crippen molar-refractivity contribution in [1.29, 1.82) is 5.26 Å². The molecule has 0 aliphatic heterocycles. The van der Waals surface area contributed by atoms with Crippen LogP contribution >= 0.6 is 11.3 Å². The summed E-state index contributed by atoms with van der Waals surface area (Å²) >= 11 is 1.63. The molecule has 1 aromatic carbocycles.